The fourth-order valence-electron chi connectivity index (χ4n) is 2.58. The first-order valence-electron chi connectivity index (χ1n) is 7.62. The van der Waals surface area contributed by atoms with Gasteiger partial charge in [-0.05, 0) is 45.4 Å². The minimum absolute atomic E-state index is 0.0799. The Hall–Kier alpha value is -1.44. The van der Waals surface area contributed by atoms with Gasteiger partial charge < -0.3 is 24.3 Å². The van der Waals surface area contributed by atoms with Crippen molar-refractivity contribution in [1.29, 1.82) is 0 Å². The number of aromatic hydroxyl groups is 1. The van der Waals surface area contributed by atoms with Gasteiger partial charge in [0.2, 0.25) is 0 Å². The molecule has 1 heterocycles. The standard InChI is InChI=1S/C16H22BClO6/c1-15(2)16(3,4)24-17(23-15)10(8-13(19)20)9-6-11(18)14(21)12(7-9)22-5/h6-7,10,21H,8H2,1-5H3,(H,19,20). The van der Waals surface area contributed by atoms with Crippen LogP contribution in [0.15, 0.2) is 12.1 Å². The molecule has 0 spiro atoms. The summed E-state index contributed by atoms with van der Waals surface area (Å²) in [7, 11) is 0.646. The zero-order chi connectivity index (χ0) is 18.3. The largest absolute Gasteiger partial charge is 0.503 e. The molecular formula is C16H22BClO6. The molecule has 0 saturated carbocycles. The molecular weight excluding hydrogens is 334 g/mol. The number of aliphatic carboxylic acids is 1. The Morgan fingerprint density at radius 2 is 1.83 bits per heavy atom. The Kier molecular flexibility index (Phi) is 5.09. The SMILES string of the molecule is COc1cc(C(CC(=O)O)B2OC(C)(C)C(C)(C)O2)cc(Cl)c1O. The molecule has 1 atom stereocenters. The van der Waals surface area contributed by atoms with Crippen molar-refractivity contribution in [3.63, 3.8) is 0 Å². The van der Waals surface area contributed by atoms with E-state index in [9.17, 15) is 15.0 Å². The van der Waals surface area contributed by atoms with Crippen molar-refractivity contribution in [1.82, 2.24) is 0 Å². The molecule has 0 aromatic heterocycles. The molecule has 2 rings (SSSR count). The second kappa shape index (κ2) is 6.46. The lowest BCUT2D eigenvalue weighted by molar-refractivity contribution is -0.137. The summed E-state index contributed by atoms with van der Waals surface area (Å²) in [5, 5.41) is 19.3. The molecule has 1 fully saturated rings. The van der Waals surface area contributed by atoms with Crippen LogP contribution in [0.2, 0.25) is 5.02 Å². The number of carbonyl (C=O) groups is 1. The third-order valence-electron chi connectivity index (χ3n) is 4.69. The second-order valence-corrected chi connectivity index (χ2v) is 7.29. The smallest absolute Gasteiger partial charge is 0.466 e. The van der Waals surface area contributed by atoms with Gasteiger partial charge in [0.15, 0.2) is 11.5 Å². The maximum atomic E-state index is 11.3. The van der Waals surface area contributed by atoms with Gasteiger partial charge in [-0.3, -0.25) is 4.79 Å². The van der Waals surface area contributed by atoms with Crippen LogP contribution in [0.1, 0.15) is 45.5 Å². The Labute approximate surface area is 146 Å². The van der Waals surface area contributed by atoms with E-state index in [1.165, 1.54) is 13.2 Å². The van der Waals surface area contributed by atoms with Crippen molar-refractivity contribution in [2.45, 2.75) is 51.1 Å². The number of halogens is 1. The fraction of sp³-hybridized carbons (Fsp3) is 0.562. The lowest BCUT2D eigenvalue weighted by atomic mass is 9.66. The minimum atomic E-state index is -0.988. The second-order valence-electron chi connectivity index (χ2n) is 6.88. The minimum Gasteiger partial charge on any atom is -0.503 e. The number of hydrogen-bond donors (Lipinski definition) is 2. The summed E-state index contributed by atoms with van der Waals surface area (Å²) in [5.41, 5.74) is -0.603. The number of carboxylic acid groups (broad SMARTS) is 1. The van der Waals surface area contributed by atoms with E-state index < -0.39 is 30.1 Å². The molecule has 1 aromatic rings. The first kappa shape index (κ1) is 18.9. The van der Waals surface area contributed by atoms with Gasteiger partial charge in [-0.2, -0.15) is 0 Å². The van der Waals surface area contributed by atoms with Crippen LogP contribution in [0.5, 0.6) is 11.5 Å². The molecule has 0 radical (unpaired) electrons. The van der Waals surface area contributed by atoms with Gasteiger partial charge in [0, 0.05) is 5.82 Å². The zero-order valence-corrected chi connectivity index (χ0v) is 15.2. The van der Waals surface area contributed by atoms with Crippen LogP contribution in [0.25, 0.3) is 0 Å². The third-order valence-corrected chi connectivity index (χ3v) is 4.98. The number of benzene rings is 1. The average molecular weight is 357 g/mol. The normalized spacial score (nSPS) is 20.0. The molecule has 6 nitrogen and oxygen atoms in total. The van der Waals surface area contributed by atoms with Crippen molar-refractivity contribution in [3.05, 3.63) is 22.7 Å². The van der Waals surface area contributed by atoms with Crippen LogP contribution >= 0.6 is 11.6 Å². The highest BCUT2D eigenvalue weighted by Crippen LogP contribution is 2.44. The van der Waals surface area contributed by atoms with Gasteiger partial charge in [0.05, 0.1) is 29.8 Å². The van der Waals surface area contributed by atoms with Crippen molar-refractivity contribution in [3.8, 4) is 11.5 Å². The van der Waals surface area contributed by atoms with E-state index >= 15 is 0 Å². The highest BCUT2D eigenvalue weighted by atomic mass is 35.5. The maximum absolute atomic E-state index is 11.3. The Balaban J connectivity index is 2.44. The highest BCUT2D eigenvalue weighted by Gasteiger charge is 2.54. The average Bonchev–Trinajstić information content (AvgIpc) is 2.67. The predicted octanol–water partition coefficient (Wildman–Crippen LogP) is 3.24. The van der Waals surface area contributed by atoms with Crippen LogP contribution in [0.3, 0.4) is 0 Å². The number of hydrogen-bond acceptors (Lipinski definition) is 5. The summed E-state index contributed by atoms with van der Waals surface area (Å²) < 4.78 is 17.1. The summed E-state index contributed by atoms with van der Waals surface area (Å²) in [6.07, 6.45) is -0.207. The molecule has 1 aliphatic heterocycles. The van der Waals surface area contributed by atoms with E-state index in [1.54, 1.807) is 6.07 Å². The number of carboxylic acids is 1. The zero-order valence-electron chi connectivity index (χ0n) is 14.4. The first-order chi connectivity index (χ1) is 11.0. The van der Waals surface area contributed by atoms with Crippen LogP contribution in [-0.4, -0.2) is 41.6 Å². The van der Waals surface area contributed by atoms with Crippen molar-refractivity contribution in [2.75, 3.05) is 7.11 Å². The summed E-state index contributed by atoms with van der Waals surface area (Å²) in [6, 6.07) is 3.07. The van der Waals surface area contributed by atoms with Crippen LogP contribution in [-0.2, 0) is 14.1 Å². The summed E-state index contributed by atoms with van der Waals surface area (Å²) in [5.74, 6) is -1.61. The van der Waals surface area contributed by atoms with E-state index in [1.807, 2.05) is 27.7 Å². The lowest BCUT2D eigenvalue weighted by Crippen LogP contribution is -2.41. The summed E-state index contributed by atoms with van der Waals surface area (Å²) >= 11 is 6.04. The number of rotatable bonds is 5. The van der Waals surface area contributed by atoms with E-state index in [4.69, 9.17) is 25.6 Å². The Morgan fingerprint density at radius 3 is 2.29 bits per heavy atom. The van der Waals surface area contributed by atoms with Crippen molar-refractivity contribution < 1.29 is 29.1 Å². The summed E-state index contributed by atoms with van der Waals surface area (Å²) in [4.78, 5) is 11.3. The van der Waals surface area contributed by atoms with Gasteiger partial charge in [0.25, 0.3) is 0 Å². The van der Waals surface area contributed by atoms with Gasteiger partial charge in [-0.1, -0.05) is 11.6 Å². The monoisotopic (exact) mass is 356 g/mol. The number of methoxy groups -OCH3 is 1. The first-order valence-corrected chi connectivity index (χ1v) is 8.00. The van der Waals surface area contributed by atoms with Crippen LogP contribution in [0, 0.1) is 0 Å². The van der Waals surface area contributed by atoms with E-state index in [-0.39, 0.29) is 22.9 Å². The van der Waals surface area contributed by atoms with E-state index in [0.717, 1.165) is 0 Å². The lowest BCUT2D eigenvalue weighted by Gasteiger charge is -2.32. The molecule has 0 bridgehead atoms. The van der Waals surface area contributed by atoms with Gasteiger partial charge >= 0.3 is 13.1 Å². The quantitative estimate of drug-likeness (QED) is 0.788. The number of ether oxygens (including phenoxy) is 1. The van der Waals surface area contributed by atoms with Crippen molar-refractivity contribution >= 4 is 24.7 Å². The highest BCUT2D eigenvalue weighted by molar-refractivity contribution is 6.48. The molecule has 132 valence electrons. The molecule has 8 heteroatoms. The van der Waals surface area contributed by atoms with Gasteiger partial charge in [-0.15, -0.1) is 0 Å². The molecule has 1 unspecified atom stereocenters. The Bertz CT molecular complexity index is 630. The molecule has 1 saturated heterocycles. The number of phenols is 1. The third kappa shape index (κ3) is 3.48. The van der Waals surface area contributed by atoms with Gasteiger partial charge in [-0.25, -0.2) is 0 Å². The number of phenolic OH excluding ortho intramolecular Hbond substituents is 1. The molecule has 1 aromatic carbocycles. The maximum Gasteiger partial charge on any atom is 0.466 e. The van der Waals surface area contributed by atoms with E-state index in [2.05, 4.69) is 0 Å². The molecule has 1 aliphatic rings. The molecule has 0 aliphatic carbocycles. The van der Waals surface area contributed by atoms with Crippen LogP contribution < -0.4 is 4.74 Å². The molecule has 24 heavy (non-hydrogen) atoms. The topological polar surface area (TPSA) is 85.2 Å². The Morgan fingerprint density at radius 1 is 1.29 bits per heavy atom. The van der Waals surface area contributed by atoms with Crippen molar-refractivity contribution in [2.24, 2.45) is 0 Å². The van der Waals surface area contributed by atoms with E-state index in [0.29, 0.717) is 5.56 Å². The van der Waals surface area contributed by atoms with Crippen LogP contribution in [0.4, 0.5) is 0 Å². The molecule has 0 amide bonds. The predicted molar refractivity (Wildman–Crippen MR) is 90.7 cm³/mol. The fourth-order valence-corrected chi connectivity index (χ4v) is 2.79. The molecule has 2 N–H and O–H groups in total. The summed E-state index contributed by atoms with van der Waals surface area (Å²) in [6.45, 7) is 7.59. The van der Waals surface area contributed by atoms with Gasteiger partial charge in [0.1, 0.15) is 0 Å².